The van der Waals surface area contributed by atoms with E-state index in [0.717, 1.165) is 36.5 Å². The van der Waals surface area contributed by atoms with Gasteiger partial charge in [0.25, 0.3) is 0 Å². The van der Waals surface area contributed by atoms with Gasteiger partial charge in [-0.15, -0.1) is 0 Å². The van der Waals surface area contributed by atoms with Gasteiger partial charge >= 0.3 is 0 Å². The Morgan fingerprint density at radius 2 is 1.46 bits per heavy atom. The molecule has 2 N–H and O–H groups in total. The highest BCUT2D eigenvalue weighted by atomic mass is 19.1. The Balaban J connectivity index is 1.51. The number of hydrogen-bond acceptors (Lipinski definition) is 4. The van der Waals surface area contributed by atoms with Crippen LogP contribution in [-0.4, -0.2) is 23.1 Å². The molecule has 0 saturated heterocycles. The van der Waals surface area contributed by atoms with E-state index in [2.05, 4.69) is 32.7 Å². The zero-order valence-corrected chi connectivity index (χ0v) is 14.9. The van der Waals surface area contributed by atoms with Gasteiger partial charge < -0.3 is 10.6 Å². The summed E-state index contributed by atoms with van der Waals surface area (Å²) >= 11 is 0. The lowest BCUT2D eigenvalue weighted by molar-refractivity contribution is 0.627. The average Bonchev–Trinajstić information content (AvgIpc) is 2.64. The molecule has 0 aliphatic rings. The molecule has 1 heterocycles. The predicted octanol–water partition coefficient (Wildman–Crippen LogP) is 4.23. The van der Waals surface area contributed by atoms with Crippen LogP contribution in [0, 0.1) is 12.7 Å². The first-order valence-corrected chi connectivity index (χ1v) is 8.81. The number of rotatable bonds is 8. The maximum atomic E-state index is 12.9. The van der Waals surface area contributed by atoms with Crippen LogP contribution < -0.4 is 10.6 Å². The monoisotopic (exact) mass is 350 g/mol. The number of halogens is 1. The molecule has 0 aliphatic heterocycles. The summed E-state index contributed by atoms with van der Waals surface area (Å²) in [6, 6.07) is 18.9. The lowest BCUT2D eigenvalue weighted by Crippen LogP contribution is -2.12. The summed E-state index contributed by atoms with van der Waals surface area (Å²) in [5.41, 5.74) is 3.28. The molecule has 0 saturated carbocycles. The van der Waals surface area contributed by atoms with E-state index in [9.17, 15) is 4.39 Å². The first kappa shape index (κ1) is 17.9. The molecule has 0 atom stereocenters. The normalized spacial score (nSPS) is 10.5. The number of aromatic nitrogens is 2. The van der Waals surface area contributed by atoms with E-state index in [1.165, 1.54) is 17.7 Å². The summed E-state index contributed by atoms with van der Waals surface area (Å²) in [6.45, 7) is 3.46. The standard InChI is InChI=1S/C21H23FN4/c1-16-15-20(23-13-11-17-5-3-2-4-6-17)26-21(25-16)24-14-12-18-7-9-19(22)10-8-18/h2-10,15H,11-14H2,1H3,(H2,23,24,25,26). The second-order valence-corrected chi connectivity index (χ2v) is 6.18. The van der Waals surface area contributed by atoms with Crippen LogP contribution in [0.1, 0.15) is 16.8 Å². The smallest absolute Gasteiger partial charge is 0.224 e. The van der Waals surface area contributed by atoms with Gasteiger partial charge in [0.1, 0.15) is 11.6 Å². The number of hydrogen-bond donors (Lipinski definition) is 2. The van der Waals surface area contributed by atoms with Gasteiger partial charge in [0.05, 0.1) is 0 Å². The molecule has 0 amide bonds. The third-order valence-electron chi connectivity index (χ3n) is 4.03. The van der Waals surface area contributed by atoms with Gasteiger partial charge in [-0.05, 0) is 43.0 Å². The number of aryl methyl sites for hydroxylation is 1. The largest absolute Gasteiger partial charge is 0.370 e. The molecule has 0 radical (unpaired) electrons. The molecule has 4 nitrogen and oxygen atoms in total. The van der Waals surface area contributed by atoms with Gasteiger partial charge in [-0.25, -0.2) is 9.37 Å². The third-order valence-corrected chi connectivity index (χ3v) is 4.03. The lowest BCUT2D eigenvalue weighted by Gasteiger charge is -2.10. The number of nitrogens with one attached hydrogen (secondary N) is 2. The minimum absolute atomic E-state index is 0.213. The summed E-state index contributed by atoms with van der Waals surface area (Å²) in [7, 11) is 0. The van der Waals surface area contributed by atoms with Crippen molar-refractivity contribution in [3.8, 4) is 0 Å². The van der Waals surface area contributed by atoms with Gasteiger partial charge in [0, 0.05) is 24.8 Å². The van der Waals surface area contributed by atoms with Gasteiger partial charge in [-0.1, -0.05) is 42.5 Å². The van der Waals surface area contributed by atoms with E-state index in [4.69, 9.17) is 0 Å². The highest BCUT2D eigenvalue weighted by Crippen LogP contribution is 2.11. The van der Waals surface area contributed by atoms with Crippen LogP contribution in [-0.2, 0) is 12.8 Å². The van der Waals surface area contributed by atoms with Crippen molar-refractivity contribution in [1.82, 2.24) is 9.97 Å². The Morgan fingerprint density at radius 1 is 0.808 bits per heavy atom. The zero-order chi connectivity index (χ0) is 18.2. The SMILES string of the molecule is Cc1cc(NCCc2ccccc2)nc(NCCc2ccc(F)cc2)n1. The molecular formula is C21H23FN4. The van der Waals surface area contributed by atoms with Crippen LogP contribution in [0.5, 0.6) is 0 Å². The Morgan fingerprint density at radius 3 is 2.19 bits per heavy atom. The highest BCUT2D eigenvalue weighted by Gasteiger charge is 2.02. The minimum Gasteiger partial charge on any atom is -0.370 e. The minimum atomic E-state index is -0.213. The second-order valence-electron chi connectivity index (χ2n) is 6.18. The maximum absolute atomic E-state index is 12.9. The summed E-state index contributed by atoms with van der Waals surface area (Å²) in [6.07, 6.45) is 1.73. The van der Waals surface area contributed by atoms with Crippen molar-refractivity contribution in [3.05, 3.63) is 83.3 Å². The Hall–Kier alpha value is -2.95. The molecule has 5 heteroatoms. The molecule has 134 valence electrons. The molecule has 2 aromatic carbocycles. The quantitative estimate of drug-likeness (QED) is 0.638. The fourth-order valence-electron chi connectivity index (χ4n) is 2.69. The van der Waals surface area contributed by atoms with Crippen molar-refractivity contribution in [2.45, 2.75) is 19.8 Å². The third kappa shape index (κ3) is 5.55. The van der Waals surface area contributed by atoms with Gasteiger partial charge in [0.15, 0.2) is 0 Å². The summed E-state index contributed by atoms with van der Waals surface area (Å²) < 4.78 is 12.9. The van der Waals surface area contributed by atoms with Crippen molar-refractivity contribution >= 4 is 11.8 Å². The predicted molar refractivity (Wildman–Crippen MR) is 104 cm³/mol. The molecule has 0 unspecified atom stereocenters. The van der Waals surface area contributed by atoms with E-state index in [1.807, 2.05) is 31.2 Å². The number of benzene rings is 2. The van der Waals surface area contributed by atoms with E-state index in [-0.39, 0.29) is 5.82 Å². The van der Waals surface area contributed by atoms with Gasteiger partial charge in [0.2, 0.25) is 5.95 Å². The fourth-order valence-corrected chi connectivity index (χ4v) is 2.69. The van der Waals surface area contributed by atoms with Crippen molar-refractivity contribution in [2.75, 3.05) is 23.7 Å². The van der Waals surface area contributed by atoms with Crippen LogP contribution in [0.4, 0.5) is 16.2 Å². The number of anilines is 2. The summed E-state index contributed by atoms with van der Waals surface area (Å²) in [4.78, 5) is 8.94. The van der Waals surface area contributed by atoms with E-state index in [1.54, 1.807) is 12.1 Å². The van der Waals surface area contributed by atoms with Gasteiger partial charge in [-0.2, -0.15) is 4.98 Å². The number of nitrogens with zero attached hydrogens (tertiary/aromatic N) is 2. The molecule has 0 aliphatic carbocycles. The Labute approximate surface area is 153 Å². The molecule has 1 aromatic heterocycles. The molecule has 26 heavy (non-hydrogen) atoms. The summed E-state index contributed by atoms with van der Waals surface area (Å²) in [5, 5.41) is 6.60. The van der Waals surface area contributed by atoms with Crippen LogP contribution in [0.25, 0.3) is 0 Å². The van der Waals surface area contributed by atoms with Crippen LogP contribution >= 0.6 is 0 Å². The Bertz CT molecular complexity index is 819. The van der Waals surface area contributed by atoms with Crippen molar-refractivity contribution < 1.29 is 4.39 Å². The van der Waals surface area contributed by atoms with Crippen molar-refractivity contribution in [1.29, 1.82) is 0 Å². The average molecular weight is 350 g/mol. The lowest BCUT2D eigenvalue weighted by atomic mass is 10.1. The van der Waals surface area contributed by atoms with Crippen molar-refractivity contribution in [3.63, 3.8) is 0 Å². The Kier molecular flexibility index (Phi) is 6.14. The summed E-state index contributed by atoms with van der Waals surface area (Å²) in [5.74, 6) is 1.21. The molecule has 0 spiro atoms. The van der Waals surface area contributed by atoms with Crippen molar-refractivity contribution in [2.24, 2.45) is 0 Å². The fraction of sp³-hybridized carbons (Fsp3) is 0.238. The van der Waals surface area contributed by atoms with Crippen LogP contribution in [0.15, 0.2) is 60.7 Å². The topological polar surface area (TPSA) is 49.8 Å². The first-order valence-electron chi connectivity index (χ1n) is 8.81. The van der Waals surface area contributed by atoms with Crippen LogP contribution in [0.2, 0.25) is 0 Å². The molecule has 3 rings (SSSR count). The van der Waals surface area contributed by atoms with Gasteiger partial charge in [-0.3, -0.25) is 0 Å². The van der Waals surface area contributed by atoms with Crippen LogP contribution in [0.3, 0.4) is 0 Å². The zero-order valence-electron chi connectivity index (χ0n) is 14.9. The van der Waals surface area contributed by atoms with E-state index >= 15 is 0 Å². The van der Waals surface area contributed by atoms with E-state index < -0.39 is 0 Å². The van der Waals surface area contributed by atoms with E-state index in [0.29, 0.717) is 12.5 Å². The first-order chi connectivity index (χ1) is 12.7. The maximum Gasteiger partial charge on any atom is 0.224 e. The molecule has 0 bridgehead atoms. The molecule has 3 aromatic rings. The highest BCUT2D eigenvalue weighted by molar-refractivity contribution is 5.42. The second kappa shape index (κ2) is 8.94. The molecular weight excluding hydrogens is 327 g/mol. The molecule has 0 fully saturated rings.